The Balaban J connectivity index is 1.59. The van der Waals surface area contributed by atoms with Crippen LogP contribution in [0.2, 0.25) is 0 Å². The second-order valence-corrected chi connectivity index (χ2v) is 8.65. The molecule has 0 aromatic heterocycles. The summed E-state index contributed by atoms with van der Waals surface area (Å²) in [4.78, 5) is 12.2. The largest absolute Gasteiger partial charge is 0.377 e. The fraction of sp³-hybridized carbons (Fsp3) is 0.762. The molecule has 4 rings (SSSR count). The smallest absolute Gasteiger partial charge is 0.158 e. The number of fused-ring (bicyclic) bond motifs is 5. The molecule has 0 heterocycles. The third kappa shape index (κ3) is 2.47. The second kappa shape index (κ2) is 6.19. The SMILES string of the molecule is CCC1C[C@H]2C(=CC1=O)CC[C@@H]1[C@@H]2CC[C@H]2[C@H]1CC[C@@]2(O)C#CCl. The lowest BCUT2D eigenvalue weighted by Gasteiger charge is -2.50. The first-order valence-corrected chi connectivity index (χ1v) is 10.0. The van der Waals surface area contributed by atoms with E-state index in [2.05, 4.69) is 18.2 Å². The summed E-state index contributed by atoms with van der Waals surface area (Å²) in [6.07, 6.45) is 10.4. The average molecular weight is 347 g/mol. The number of allylic oxidation sites excluding steroid dienone is 1. The van der Waals surface area contributed by atoms with Gasteiger partial charge in [0.1, 0.15) is 5.60 Å². The van der Waals surface area contributed by atoms with Crippen LogP contribution in [0.3, 0.4) is 0 Å². The molecular formula is C21H27ClO2. The van der Waals surface area contributed by atoms with Crippen LogP contribution in [0, 0.1) is 46.8 Å². The maximum Gasteiger partial charge on any atom is 0.158 e. The van der Waals surface area contributed by atoms with E-state index < -0.39 is 5.60 Å². The fourth-order valence-corrected chi connectivity index (χ4v) is 6.71. The van der Waals surface area contributed by atoms with Crippen molar-refractivity contribution in [3.8, 4) is 11.3 Å². The molecule has 4 aliphatic rings. The number of carbonyl (C=O) groups excluding carboxylic acids is 1. The van der Waals surface area contributed by atoms with Gasteiger partial charge in [-0.2, -0.15) is 0 Å². The quantitative estimate of drug-likeness (QED) is 0.718. The molecule has 3 saturated carbocycles. The van der Waals surface area contributed by atoms with Crippen LogP contribution in [0.15, 0.2) is 11.6 Å². The van der Waals surface area contributed by atoms with Crippen molar-refractivity contribution in [1.82, 2.24) is 0 Å². The van der Waals surface area contributed by atoms with E-state index in [1.807, 2.05) is 6.08 Å². The van der Waals surface area contributed by atoms with Crippen LogP contribution in [0.1, 0.15) is 58.3 Å². The summed E-state index contributed by atoms with van der Waals surface area (Å²) >= 11 is 5.62. The Morgan fingerprint density at radius 2 is 2.08 bits per heavy atom. The molecule has 3 heteroatoms. The lowest BCUT2D eigenvalue weighted by molar-refractivity contribution is -0.120. The summed E-state index contributed by atoms with van der Waals surface area (Å²) in [6.45, 7) is 2.14. The van der Waals surface area contributed by atoms with Gasteiger partial charge in [0, 0.05) is 17.2 Å². The maximum absolute atomic E-state index is 12.2. The first-order valence-electron chi connectivity index (χ1n) is 9.67. The number of halogens is 1. The molecule has 2 nitrogen and oxygen atoms in total. The zero-order valence-electron chi connectivity index (χ0n) is 14.4. The van der Waals surface area contributed by atoms with Crippen molar-refractivity contribution in [3.05, 3.63) is 11.6 Å². The summed E-state index contributed by atoms with van der Waals surface area (Å²) in [5.41, 5.74) is 0.570. The van der Waals surface area contributed by atoms with Gasteiger partial charge in [0.25, 0.3) is 0 Å². The van der Waals surface area contributed by atoms with Crippen LogP contribution < -0.4 is 0 Å². The van der Waals surface area contributed by atoms with E-state index in [1.54, 1.807) is 0 Å². The van der Waals surface area contributed by atoms with Gasteiger partial charge in [-0.25, -0.2) is 0 Å². The Kier molecular flexibility index (Phi) is 4.30. The monoisotopic (exact) mass is 346 g/mol. The van der Waals surface area contributed by atoms with Crippen molar-refractivity contribution >= 4 is 17.4 Å². The van der Waals surface area contributed by atoms with E-state index in [9.17, 15) is 9.90 Å². The van der Waals surface area contributed by atoms with E-state index in [0.29, 0.717) is 35.4 Å². The normalized spacial score (nSPS) is 47.0. The van der Waals surface area contributed by atoms with Gasteiger partial charge in [-0.3, -0.25) is 4.79 Å². The maximum atomic E-state index is 12.2. The summed E-state index contributed by atoms with van der Waals surface area (Å²) < 4.78 is 0. The molecule has 0 aromatic carbocycles. The molecule has 1 unspecified atom stereocenters. The Morgan fingerprint density at radius 1 is 1.25 bits per heavy atom. The van der Waals surface area contributed by atoms with Crippen molar-refractivity contribution in [2.75, 3.05) is 0 Å². The zero-order valence-corrected chi connectivity index (χ0v) is 15.2. The van der Waals surface area contributed by atoms with Crippen LogP contribution >= 0.6 is 11.6 Å². The molecule has 7 atom stereocenters. The van der Waals surface area contributed by atoms with Crippen LogP contribution in [-0.2, 0) is 4.79 Å². The summed E-state index contributed by atoms with van der Waals surface area (Å²) in [6, 6.07) is 0. The molecule has 4 aliphatic carbocycles. The van der Waals surface area contributed by atoms with Gasteiger partial charge in [0.15, 0.2) is 5.78 Å². The molecule has 0 radical (unpaired) electrons. The second-order valence-electron chi connectivity index (χ2n) is 8.47. The topological polar surface area (TPSA) is 37.3 Å². The molecule has 130 valence electrons. The van der Waals surface area contributed by atoms with Gasteiger partial charge in [-0.1, -0.05) is 18.4 Å². The van der Waals surface area contributed by atoms with Crippen LogP contribution in [0.4, 0.5) is 0 Å². The van der Waals surface area contributed by atoms with Gasteiger partial charge in [0.05, 0.1) is 0 Å². The van der Waals surface area contributed by atoms with Crippen molar-refractivity contribution in [3.63, 3.8) is 0 Å². The highest BCUT2D eigenvalue weighted by molar-refractivity contribution is 6.30. The Hall–Kier alpha value is -0.780. The van der Waals surface area contributed by atoms with Gasteiger partial charge in [-0.15, -0.1) is 0 Å². The van der Waals surface area contributed by atoms with E-state index >= 15 is 0 Å². The Bertz CT molecular complexity index is 627. The van der Waals surface area contributed by atoms with Crippen molar-refractivity contribution < 1.29 is 9.90 Å². The van der Waals surface area contributed by atoms with Gasteiger partial charge < -0.3 is 5.11 Å². The molecule has 0 aliphatic heterocycles. The summed E-state index contributed by atoms with van der Waals surface area (Å²) in [7, 11) is 0. The predicted molar refractivity (Wildman–Crippen MR) is 95.2 cm³/mol. The van der Waals surface area contributed by atoms with Gasteiger partial charge in [-0.05, 0) is 92.7 Å². The highest BCUT2D eigenvalue weighted by Gasteiger charge is 2.55. The standard InChI is InChI=1S/C21H27ClO2/c1-2-13-11-18-14(12-20(13)23)3-4-15-16(18)5-6-19-17(15)7-8-21(19,24)9-10-22/h12-13,15-19,24H,2-8,11H2,1H3/t13?,15-,16+,17+,18+,19+,21-/m1/s1. The third-order valence-electron chi connectivity index (χ3n) is 7.68. The van der Waals surface area contributed by atoms with Crippen molar-refractivity contribution in [2.45, 2.75) is 63.9 Å². The molecule has 3 fully saturated rings. The highest BCUT2D eigenvalue weighted by atomic mass is 35.5. The number of carbonyl (C=O) groups is 1. The van der Waals surface area contributed by atoms with Gasteiger partial charge >= 0.3 is 0 Å². The minimum absolute atomic E-state index is 0.234. The lowest BCUT2D eigenvalue weighted by Crippen LogP contribution is -2.46. The number of hydrogen-bond acceptors (Lipinski definition) is 2. The van der Waals surface area contributed by atoms with Crippen LogP contribution in [-0.4, -0.2) is 16.5 Å². The number of rotatable bonds is 1. The minimum Gasteiger partial charge on any atom is -0.377 e. The predicted octanol–water partition coefficient (Wildman–Crippen LogP) is 4.31. The van der Waals surface area contributed by atoms with Crippen LogP contribution in [0.5, 0.6) is 0 Å². The van der Waals surface area contributed by atoms with E-state index in [1.165, 1.54) is 18.4 Å². The zero-order chi connectivity index (χ0) is 16.9. The van der Waals surface area contributed by atoms with Crippen LogP contribution in [0.25, 0.3) is 0 Å². The molecule has 0 bridgehead atoms. The highest BCUT2D eigenvalue weighted by Crippen LogP contribution is 2.59. The van der Waals surface area contributed by atoms with Gasteiger partial charge in [0.2, 0.25) is 0 Å². The molecule has 0 saturated heterocycles. The Morgan fingerprint density at radius 3 is 2.83 bits per heavy atom. The van der Waals surface area contributed by atoms with Crippen molar-refractivity contribution in [1.29, 1.82) is 0 Å². The first kappa shape index (κ1) is 16.7. The van der Waals surface area contributed by atoms with E-state index in [0.717, 1.165) is 38.5 Å². The van der Waals surface area contributed by atoms with E-state index in [4.69, 9.17) is 11.6 Å². The minimum atomic E-state index is -0.859. The first-order chi connectivity index (χ1) is 11.6. The number of ketones is 1. The van der Waals surface area contributed by atoms with E-state index in [-0.39, 0.29) is 5.92 Å². The summed E-state index contributed by atoms with van der Waals surface area (Å²) in [5, 5.41) is 13.4. The summed E-state index contributed by atoms with van der Waals surface area (Å²) in [5.74, 6) is 6.41. The molecule has 0 amide bonds. The van der Waals surface area contributed by atoms with Crippen molar-refractivity contribution in [2.24, 2.45) is 35.5 Å². The lowest BCUT2D eigenvalue weighted by atomic mass is 9.54. The number of aliphatic hydroxyl groups is 1. The third-order valence-corrected chi connectivity index (χ3v) is 7.78. The molecule has 1 N–H and O–H groups in total. The molecule has 0 spiro atoms. The Labute approximate surface area is 150 Å². The molecular weight excluding hydrogens is 320 g/mol. The molecule has 24 heavy (non-hydrogen) atoms. The fourth-order valence-electron chi connectivity index (χ4n) is 6.55. The number of hydrogen-bond donors (Lipinski definition) is 1. The molecule has 0 aromatic rings. The average Bonchev–Trinajstić information content (AvgIpc) is 2.91.